The Morgan fingerprint density at radius 3 is 2.73 bits per heavy atom. The van der Waals surface area contributed by atoms with E-state index in [0.717, 1.165) is 19.4 Å². The molecule has 3 nitrogen and oxygen atoms in total. The molecule has 0 aromatic rings. The maximum atomic E-state index is 11.7. The van der Waals surface area contributed by atoms with E-state index < -0.39 is 18.6 Å². The summed E-state index contributed by atoms with van der Waals surface area (Å²) in [6.45, 7) is -0.293. The fraction of sp³-hybridized carbons (Fsp3) is 0.889. The van der Waals surface area contributed by atoms with Crippen LogP contribution >= 0.6 is 0 Å². The van der Waals surface area contributed by atoms with Crippen molar-refractivity contribution < 1.29 is 18.0 Å². The minimum absolute atomic E-state index is 0.160. The number of amides is 1. The summed E-state index contributed by atoms with van der Waals surface area (Å²) in [5.41, 5.74) is 0. The predicted octanol–water partition coefficient (Wildman–Crippen LogP) is 1.20. The zero-order valence-electron chi connectivity index (χ0n) is 8.36. The monoisotopic (exact) mass is 224 g/mol. The quantitative estimate of drug-likeness (QED) is 0.753. The molecule has 1 fully saturated rings. The van der Waals surface area contributed by atoms with Crippen LogP contribution in [-0.2, 0) is 4.79 Å². The minimum atomic E-state index is -4.32. The molecule has 1 aliphatic rings. The molecule has 0 bridgehead atoms. The molecule has 1 amide bonds. The lowest BCUT2D eigenvalue weighted by Crippen LogP contribution is -2.34. The normalized spacial score (nSPS) is 21.7. The summed E-state index contributed by atoms with van der Waals surface area (Å²) in [4.78, 5) is 11.0. The Kier molecular flexibility index (Phi) is 4.38. The average molecular weight is 224 g/mol. The maximum Gasteiger partial charge on any atom is 0.405 e. The van der Waals surface area contributed by atoms with Gasteiger partial charge in [-0.15, -0.1) is 0 Å². The molecule has 1 unspecified atom stereocenters. The van der Waals surface area contributed by atoms with E-state index in [1.807, 2.05) is 5.32 Å². The third-order valence-corrected chi connectivity index (χ3v) is 2.37. The second-order valence-electron chi connectivity index (χ2n) is 3.72. The fourth-order valence-corrected chi connectivity index (χ4v) is 1.60. The van der Waals surface area contributed by atoms with Crippen molar-refractivity contribution in [3.8, 4) is 0 Å². The topological polar surface area (TPSA) is 41.1 Å². The molecule has 0 saturated carbocycles. The molecular weight excluding hydrogens is 209 g/mol. The van der Waals surface area contributed by atoms with Crippen LogP contribution in [-0.4, -0.2) is 31.2 Å². The molecule has 88 valence electrons. The Bertz CT molecular complexity index is 212. The third-order valence-electron chi connectivity index (χ3n) is 2.37. The van der Waals surface area contributed by atoms with Crippen molar-refractivity contribution >= 4 is 5.91 Å². The van der Waals surface area contributed by atoms with Crippen molar-refractivity contribution in [3.05, 3.63) is 0 Å². The molecule has 0 aromatic heterocycles. The lowest BCUT2D eigenvalue weighted by atomic mass is 10.1. The smallest absolute Gasteiger partial charge is 0.347 e. The van der Waals surface area contributed by atoms with Crippen LogP contribution in [0.4, 0.5) is 13.2 Å². The van der Waals surface area contributed by atoms with Crippen molar-refractivity contribution in [1.29, 1.82) is 0 Å². The highest BCUT2D eigenvalue weighted by atomic mass is 19.4. The molecule has 6 heteroatoms. The first-order valence-corrected chi connectivity index (χ1v) is 5.04. The molecule has 1 rings (SSSR count). The highest BCUT2D eigenvalue weighted by molar-refractivity contribution is 5.75. The van der Waals surface area contributed by atoms with Crippen LogP contribution in [0.5, 0.6) is 0 Å². The zero-order chi connectivity index (χ0) is 11.3. The first-order chi connectivity index (χ1) is 6.97. The van der Waals surface area contributed by atoms with Crippen LogP contribution in [0, 0.1) is 0 Å². The Balaban J connectivity index is 2.08. The SMILES string of the molecule is O=C(CCC1CCCN1)NCC(F)(F)F. The zero-order valence-corrected chi connectivity index (χ0v) is 8.36. The van der Waals surface area contributed by atoms with Crippen molar-refractivity contribution in [1.82, 2.24) is 10.6 Å². The Hall–Kier alpha value is -0.780. The van der Waals surface area contributed by atoms with E-state index in [4.69, 9.17) is 0 Å². The van der Waals surface area contributed by atoms with Gasteiger partial charge in [-0.25, -0.2) is 0 Å². The Labute approximate surface area is 86.4 Å². The molecule has 0 spiro atoms. The number of alkyl halides is 3. The van der Waals surface area contributed by atoms with Crippen LogP contribution in [0.1, 0.15) is 25.7 Å². The van der Waals surface area contributed by atoms with E-state index in [9.17, 15) is 18.0 Å². The van der Waals surface area contributed by atoms with Crippen molar-refractivity contribution in [2.75, 3.05) is 13.1 Å². The van der Waals surface area contributed by atoms with Crippen LogP contribution in [0.25, 0.3) is 0 Å². The van der Waals surface area contributed by atoms with Gasteiger partial charge < -0.3 is 10.6 Å². The number of hydrogen-bond acceptors (Lipinski definition) is 2. The first kappa shape index (κ1) is 12.3. The molecule has 2 N–H and O–H groups in total. The second-order valence-corrected chi connectivity index (χ2v) is 3.72. The predicted molar refractivity (Wildman–Crippen MR) is 49.3 cm³/mol. The number of carbonyl (C=O) groups is 1. The number of halogens is 3. The summed E-state index contributed by atoms with van der Waals surface area (Å²) in [5, 5.41) is 5.04. The van der Waals surface area contributed by atoms with E-state index in [1.165, 1.54) is 0 Å². The van der Waals surface area contributed by atoms with Gasteiger partial charge in [0.15, 0.2) is 0 Å². The molecule has 1 heterocycles. The fourth-order valence-electron chi connectivity index (χ4n) is 1.60. The van der Waals surface area contributed by atoms with Gasteiger partial charge in [0.1, 0.15) is 6.54 Å². The standard InChI is InChI=1S/C9H15F3N2O/c10-9(11,12)6-14-8(15)4-3-7-2-1-5-13-7/h7,13H,1-6H2,(H,14,15). The molecule has 0 radical (unpaired) electrons. The van der Waals surface area contributed by atoms with Crippen LogP contribution in [0.15, 0.2) is 0 Å². The van der Waals surface area contributed by atoms with Gasteiger partial charge in [0.05, 0.1) is 0 Å². The minimum Gasteiger partial charge on any atom is -0.347 e. The number of nitrogens with one attached hydrogen (secondary N) is 2. The molecule has 0 aromatic carbocycles. The summed E-state index contributed by atoms with van der Waals surface area (Å²) < 4.78 is 35.2. The van der Waals surface area contributed by atoms with E-state index in [-0.39, 0.29) is 6.42 Å². The van der Waals surface area contributed by atoms with Crippen molar-refractivity contribution in [2.45, 2.75) is 37.9 Å². The number of carbonyl (C=O) groups excluding carboxylic acids is 1. The summed E-state index contributed by atoms with van der Waals surface area (Å²) in [6, 6.07) is 0.293. The van der Waals surface area contributed by atoms with Crippen LogP contribution in [0.2, 0.25) is 0 Å². The van der Waals surface area contributed by atoms with Crippen LogP contribution in [0.3, 0.4) is 0 Å². The number of hydrogen-bond donors (Lipinski definition) is 2. The number of rotatable bonds is 4. The highest BCUT2D eigenvalue weighted by Crippen LogP contribution is 2.13. The van der Waals surface area contributed by atoms with Crippen molar-refractivity contribution in [3.63, 3.8) is 0 Å². The summed E-state index contributed by atoms with van der Waals surface area (Å²) >= 11 is 0. The maximum absolute atomic E-state index is 11.7. The van der Waals surface area contributed by atoms with Crippen molar-refractivity contribution in [2.24, 2.45) is 0 Å². The van der Waals surface area contributed by atoms with E-state index >= 15 is 0 Å². The Morgan fingerprint density at radius 2 is 2.20 bits per heavy atom. The Morgan fingerprint density at radius 1 is 1.47 bits per heavy atom. The van der Waals surface area contributed by atoms with Crippen LogP contribution < -0.4 is 10.6 Å². The summed E-state index contributed by atoms with van der Waals surface area (Å²) in [6.07, 6.45) is -1.46. The first-order valence-electron chi connectivity index (χ1n) is 5.04. The van der Waals surface area contributed by atoms with Gasteiger partial charge in [-0.3, -0.25) is 4.79 Å². The lowest BCUT2D eigenvalue weighted by Gasteiger charge is -2.11. The van der Waals surface area contributed by atoms with E-state index in [0.29, 0.717) is 12.5 Å². The van der Waals surface area contributed by atoms with Gasteiger partial charge >= 0.3 is 6.18 Å². The van der Waals surface area contributed by atoms with Gasteiger partial charge in [-0.05, 0) is 25.8 Å². The van der Waals surface area contributed by atoms with Gasteiger partial charge in [0, 0.05) is 12.5 Å². The highest BCUT2D eigenvalue weighted by Gasteiger charge is 2.27. The molecule has 15 heavy (non-hydrogen) atoms. The second kappa shape index (κ2) is 5.34. The van der Waals surface area contributed by atoms with E-state index in [2.05, 4.69) is 5.32 Å². The van der Waals surface area contributed by atoms with Gasteiger partial charge in [0.25, 0.3) is 0 Å². The average Bonchev–Trinajstić information content (AvgIpc) is 2.62. The van der Waals surface area contributed by atoms with Gasteiger partial charge in [-0.1, -0.05) is 0 Å². The molecule has 1 saturated heterocycles. The van der Waals surface area contributed by atoms with Gasteiger partial charge in [0.2, 0.25) is 5.91 Å². The van der Waals surface area contributed by atoms with Gasteiger partial charge in [-0.2, -0.15) is 13.2 Å². The van der Waals surface area contributed by atoms with E-state index in [1.54, 1.807) is 0 Å². The molecule has 1 atom stereocenters. The summed E-state index contributed by atoms with van der Waals surface area (Å²) in [7, 11) is 0. The molecular formula is C9H15F3N2O. The lowest BCUT2D eigenvalue weighted by molar-refractivity contribution is -0.138. The largest absolute Gasteiger partial charge is 0.405 e. The third kappa shape index (κ3) is 5.61. The molecule has 0 aliphatic carbocycles. The molecule has 1 aliphatic heterocycles. The summed E-state index contributed by atoms with van der Waals surface area (Å²) in [5.74, 6) is -0.527.